The van der Waals surface area contributed by atoms with E-state index in [0.717, 1.165) is 37.9 Å². The number of pyridine rings is 1. The Morgan fingerprint density at radius 1 is 1.32 bits per heavy atom. The maximum Gasteiger partial charge on any atom is 0.291 e. The third-order valence-corrected chi connectivity index (χ3v) is 4.92. The van der Waals surface area contributed by atoms with Gasteiger partial charge in [0.25, 0.3) is 5.91 Å². The Bertz CT molecular complexity index is 903. The minimum absolute atomic E-state index is 0.0451. The van der Waals surface area contributed by atoms with E-state index in [9.17, 15) is 4.79 Å². The zero-order valence-corrected chi connectivity index (χ0v) is 14.3. The molecule has 1 aromatic carbocycles. The fourth-order valence-corrected chi connectivity index (χ4v) is 3.63. The molecule has 0 radical (unpaired) electrons. The summed E-state index contributed by atoms with van der Waals surface area (Å²) in [6.45, 7) is 3.34. The van der Waals surface area contributed by atoms with Gasteiger partial charge in [0, 0.05) is 24.7 Å². The average Bonchev–Trinajstić information content (AvgIpc) is 3.07. The van der Waals surface area contributed by atoms with Crippen molar-refractivity contribution in [1.29, 1.82) is 0 Å². The summed E-state index contributed by atoms with van der Waals surface area (Å²) in [6, 6.07) is 10.4. The Kier molecular flexibility index (Phi) is 4.22. The summed E-state index contributed by atoms with van der Waals surface area (Å²) < 4.78 is 5.27. The van der Waals surface area contributed by atoms with Gasteiger partial charge in [0.1, 0.15) is 0 Å². The summed E-state index contributed by atoms with van der Waals surface area (Å²) in [5.74, 6) is 0.772. The number of fused-ring (bicyclic) bond motifs is 1. The highest BCUT2D eigenvalue weighted by Gasteiger charge is 2.27. The lowest BCUT2D eigenvalue weighted by Gasteiger charge is -2.32. The third-order valence-electron chi connectivity index (χ3n) is 4.92. The minimum atomic E-state index is -0.0451. The van der Waals surface area contributed by atoms with E-state index in [1.165, 1.54) is 17.3 Å². The molecule has 1 aliphatic rings. The molecule has 5 heteroatoms. The van der Waals surface area contributed by atoms with Crippen molar-refractivity contribution in [2.45, 2.75) is 26.2 Å². The smallest absolute Gasteiger partial charge is 0.291 e. The lowest BCUT2D eigenvalue weighted by atomic mass is 9.91. The molecule has 2 aromatic heterocycles. The quantitative estimate of drug-likeness (QED) is 0.733. The predicted molar refractivity (Wildman–Crippen MR) is 95.3 cm³/mol. The maximum absolute atomic E-state index is 12.6. The van der Waals surface area contributed by atoms with Crippen LogP contribution in [0.4, 0.5) is 0 Å². The van der Waals surface area contributed by atoms with Crippen LogP contribution in [0.1, 0.15) is 34.7 Å². The van der Waals surface area contributed by atoms with Gasteiger partial charge >= 0.3 is 0 Å². The molecule has 0 saturated carbocycles. The molecule has 0 spiro atoms. The Morgan fingerprint density at radius 3 is 3.04 bits per heavy atom. The van der Waals surface area contributed by atoms with Gasteiger partial charge in [-0.05, 0) is 49.8 Å². The largest absolute Gasteiger partial charge is 0.438 e. The number of carbonyl (C=O) groups excluding carboxylic acids is 1. The summed E-state index contributed by atoms with van der Waals surface area (Å²) >= 11 is 0. The van der Waals surface area contributed by atoms with E-state index in [4.69, 9.17) is 4.42 Å². The number of para-hydroxylation sites is 1. The van der Waals surface area contributed by atoms with Gasteiger partial charge < -0.3 is 9.32 Å². The molecule has 0 N–H and O–H groups in total. The van der Waals surface area contributed by atoms with Gasteiger partial charge in [-0.3, -0.25) is 9.78 Å². The molecule has 3 heterocycles. The van der Waals surface area contributed by atoms with Crippen LogP contribution in [0.3, 0.4) is 0 Å². The van der Waals surface area contributed by atoms with Crippen molar-refractivity contribution in [3.05, 3.63) is 59.9 Å². The summed E-state index contributed by atoms with van der Waals surface area (Å²) in [4.78, 5) is 23.1. The molecule has 1 fully saturated rings. The second kappa shape index (κ2) is 6.67. The molecule has 3 aromatic rings. The Balaban J connectivity index is 1.47. The van der Waals surface area contributed by atoms with Crippen molar-refractivity contribution < 1.29 is 9.21 Å². The minimum Gasteiger partial charge on any atom is -0.438 e. The zero-order chi connectivity index (χ0) is 17.2. The fraction of sp³-hybridized carbons (Fsp3) is 0.350. The molecule has 5 nitrogen and oxygen atoms in total. The molecule has 4 rings (SSSR count). The van der Waals surface area contributed by atoms with Gasteiger partial charge in [-0.1, -0.05) is 18.2 Å². The van der Waals surface area contributed by atoms with E-state index in [0.29, 0.717) is 17.4 Å². The number of hydrogen-bond acceptors (Lipinski definition) is 4. The second-order valence-corrected chi connectivity index (χ2v) is 6.77. The number of aryl methyl sites for hydroxylation is 1. The first kappa shape index (κ1) is 15.8. The van der Waals surface area contributed by atoms with E-state index in [-0.39, 0.29) is 5.91 Å². The molecule has 128 valence electrons. The Hall–Kier alpha value is -2.69. The highest BCUT2D eigenvalue weighted by Crippen LogP contribution is 2.24. The number of hydrogen-bond donors (Lipinski definition) is 0. The number of oxazole rings is 1. The summed E-state index contributed by atoms with van der Waals surface area (Å²) in [7, 11) is 0. The van der Waals surface area contributed by atoms with Crippen LogP contribution in [0.5, 0.6) is 0 Å². The van der Waals surface area contributed by atoms with E-state index >= 15 is 0 Å². The number of piperidine rings is 1. The van der Waals surface area contributed by atoms with Crippen molar-refractivity contribution >= 4 is 16.8 Å². The van der Waals surface area contributed by atoms with Gasteiger partial charge in [0.15, 0.2) is 6.39 Å². The fourth-order valence-electron chi connectivity index (χ4n) is 3.63. The van der Waals surface area contributed by atoms with Crippen LogP contribution in [0, 0.1) is 12.8 Å². The van der Waals surface area contributed by atoms with Crippen LogP contribution in [-0.2, 0) is 6.42 Å². The second-order valence-electron chi connectivity index (χ2n) is 6.77. The van der Waals surface area contributed by atoms with Gasteiger partial charge in [-0.15, -0.1) is 0 Å². The van der Waals surface area contributed by atoms with Crippen molar-refractivity contribution in [3.8, 4) is 0 Å². The number of aromatic nitrogens is 2. The van der Waals surface area contributed by atoms with Gasteiger partial charge in [0.05, 0.1) is 11.2 Å². The van der Waals surface area contributed by atoms with Gasteiger partial charge in [-0.25, -0.2) is 4.98 Å². The normalized spacial score (nSPS) is 17.8. The predicted octanol–water partition coefficient (Wildman–Crippen LogP) is 3.63. The summed E-state index contributed by atoms with van der Waals surface area (Å²) in [5, 5.41) is 1.17. The SMILES string of the molecule is Cc1ncoc1C(=O)N1CCC[C@@H](Cc2cnc3ccccc3c2)C1. The first-order chi connectivity index (χ1) is 12.2. The first-order valence-electron chi connectivity index (χ1n) is 8.74. The Labute approximate surface area is 146 Å². The number of carbonyl (C=O) groups is 1. The molecule has 0 aliphatic carbocycles. The van der Waals surface area contributed by atoms with Crippen LogP contribution < -0.4 is 0 Å². The van der Waals surface area contributed by atoms with E-state index in [2.05, 4.69) is 22.1 Å². The number of rotatable bonds is 3. The van der Waals surface area contributed by atoms with Gasteiger partial charge in [0.2, 0.25) is 5.76 Å². The molecule has 1 amide bonds. The summed E-state index contributed by atoms with van der Waals surface area (Å²) in [5.41, 5.74) is 2.91. The van der Waals surface area contributed by atoms with E-state index in [1.54, 1.807) is 6.92 Å². The lowest BCUT2D eigenvalue weighted by Crippen LogP contribution is -2.40. The molecular weight excluding hydrogens is 314 g/mol. The molecular formula is C20H21N3O2. The van der Waals surface area contributed by atoms with Crippen LogP contribution in [0.25, 0.3) is 10.9 Å². The molecule has 0 bridgehead atoms. The molecule has 1 saturated heterocycles. The highest BCUT2D eigenvalue weighted by atomic mass is 16.3. The van der Waals surface area contributed by atoms with Crippen LogP contribution in [-0.4, -0.2) is 33.9 Å². The third kappa shape index (κ3) is 3.27. The zero-order valence-electron chi connectivity index (χ0n) is 14.3. The average molecular weight is 335 g/mol. The Morgan fingerprint density at radius 2 is 2.20 bits per heavy atom. The summed E-state index contributed by atoms with van der Waals surface area (Å²) in [6.07, 6.45) is 6.39. The monoisotopic (exact) mass is 335 g/mol. The first-order valence-corrected chi connectivity index (χ1v) is 8.74. The molecule has 0 unspecified atom stereocenters. The van der Waals surface area contributed by atoms with Crippen molar-refractivity contribution in [2.75, 3.05) is 13.1 Å². The van der Waals surface area contributed by atoms with Crippen LogP contribution in [0.15, 0.2) is 47.3 Å². The van der Waals surface area contributed by atoms with Crippen molar-refractivity contribution in [3.63, 3.8) is 0 Å². The maximum atomic E-state index is 12.6. The number of benzene rings is 1. The standard InChI is InChI=1S/C20H21N3O2/c1-14-19(25-13-22-14)20(24)23-8-4-5-15(12-23)9-16-10-17-6-2-3-7-18(17)21-11-16/h2-3,6-7,10-11,13,15H,4-5,8-9,12H2,1H3/t15-/m0/s1. The topological polar surface area (TPSA) is 59.2 Å². The van der Waals surface area contributed by atoms with Crippen molar-refractivity contribution in [1.82, 2.24) is 14.9 Å². The molecule has 1 atom stereocenters. The van der Waals surface area contributed by atoms with Crippen molar-refractivity contribution in [2.24, 2.45) is 5.92 Å². The number of amides is 1. The van der Waals surface area contributed by atoms with Gasteiger partial charge in [-0.2, -0.15) is 0 Å². The van der Waals surface area contributed by atoms with E-state index < -0.39 is 0 Å². The molecule has 25 heavy (non-hydrogen) atoms. The molecule has 1 aliphatic heterocycles. The van der Waals surface area contributed by atoms with Crippen LogP contribution in [0.2, 0.25) is 0 Å². The number of nitrogens with zero attached hydrogens (tertiary/aromatic N) is 3. The van der Waals surface area contributed by atoms with E-state index in [1.807, 2.05) is 29.3 Å². The van der Waals surface area contributed by atoms with Crippen LogP contribution >= 0.6 is 0 Å². The lowest BCUT2D eigenvalue weighted by molar-refractivity contribution is 0.0640. The number of likely N-dealkylation sites (tertiary alicyclic amines) is 1. The highest BCUT2D eigenvalue weighted by molar-refractivity contribution is 5.92.